The summed E-state index contributed by atoms with van der Waals surface area (Å²) in [6.07, 6.45) is 0.428. The number of fused-ring (bicyclic) bond motifs is 1. The third kappa shape index (κ3) is 2.81. The van der Waals surface area contributed by atoms with Crippen molar-refractivity contribution in [1.29, 1.82) is 0 Å². The molecule has 9 nitrogen and oxygen atoms in total. The highest BCUT2D eigenvalue weighted by atomic mass is 32.2. The SMILES string of the molecule is CC(O)C(CN=O)NS(=O)(=O)c1[nH]nc2ncccc12. The van der Waals surface area contributed by atoms with E-state index in [4.69, 9.17) is 0 Å². The van der Waals surface area contributed by atoms with Crippen molar-refractivity contribution in [2.24, 2.45) is 5.18 Å². The lowest BCUT2D eigenvalue weighted by atomic mass is 10.2. The highest BCUT2D eigenvalue weighted by Gasteiger charge is 2.27. The van der Waals surface area contributed by atoms with Gasteiger partial charge in [-0.15, -0.1) is 0 Å². The number of H-pyrrole nitrogens is 1. The topological polar surface area (TPSA) is 137 Å². The maximum absolute atomic E-state index is 12.2. The van der Waals surface area contributed by atoms with E-state index in [1.165, 1.54) is 13.1 Å². The maximum atomic E-state index is 12.2. The molecule has 0 spiro atoms. The Labute approximate surface area is 114 Å². The molecule has 2 aromatic heterocycles. The van der Waals surface area contributed by atoms with E-state index >= 15 is 0 Å². The zero-order chi connectivity index (χ0) is 14.8. The summed E-state index contributed by atoms with van der Waals surface area (Å²) in [5.74, 6) is 0. The van der Waals surface area contributed by atoms with Crippen LogP contribution in [0.4, 0.5) is 0 Å². The normalized spacial score (nSPS) is 15.1. The van der Waals surface area contributed by atoms with Gasteiger partial charge in [0.2, 0.25) is 0 Å². The third-order valence-electron chi connectivity index (χ3n) is 2.72. The highest BCUT2D eigenvalue weighted by Crippen LogP contribution is 2.18. The van der Waals surface area contributed by atoms with Crippen LogP contribution >= 0.6 is 0 Å². The van der Waals surface area contributed by atoms with Gasteiger partial charge in [-0.3, -0.25) is 5.10 Å². The number of aliphatic hydroxyl groups is 1. The average molecular weight is 299 g/mol. The second-order valence-corrected chi connectivity index (χ2v) is 5.86. The van der Waals surface area contributed by atoms with E-state index in [9.17, 15) is 18.4 Å². The summed E-state index contributed by atoms with van der Waals surface area (Å²) in [4.78, 5) is 14.2. The number of rotatable bonds is 6. The Bertz CT molecular complexity index is 711. The number of aromatic amines is 1. The van der Waals surface area contributed by atoms with Gasteiger partial charge in [-0.2, -0.15) is 10.0 Å². The average Bonchev–Trinajstić information content (AvgIpc) is 2.82. The van der Waals surface area contributed by atoms with E-state index in [2.05, 4.69) is 25.1 Å². The van der Waals surface area contributed by atoms with Crippen molar-refractivity contribution in [3.05, 3.63) is 23.2 Å². The number of aliphatic hydroxyl groups excluding tert-OH is 1. The van der Waals surface area contributed by atoms with E-state index in [1.807, 2.05) is 0 Å². The van der Waals surface area contributed by atoms with Crippen molar-refractivity contribution in [1.82, 2.24) is 19.9 Å². The molecule has 2 heterocycles. The van der Waals surface area contributed by atoms with Crippen molar-refractivity contribution < 1.29 is 13.5 Å². The molecule has 2 unspecified atom stereocenters. The van der Waals surface area contributed by atoms with Crippen LogP contribution < -0.4 is 4.72 Å². The van der Waals surface area contributed by atoms with Crippen molar-refractivity contribution in [3.8, 4) is 0 Å². The van der Waals surface area contributed by atoms with Gasteiger partial charge in [-0.05, 0) is 19.1 Å². The molecular weight excluding hydrogens is 286 g/mol. The van der Waals surface area contributed by atoms with Gasteiger partial charge >= 0.3 is 0 Å². The van der Waals surface area contributed by atoms with E-state index in [0.717, 1.165) is 0 Å². The minimum absolute atomic E-state index is 0.169. The summed E-state index contributed by atoms with van der Waals surface area (Å²) in [5.41, 5.74) is 0.259. The molecule has 0 aliphatic heterocycles. The lowest BCUT2D eigenvalue weighted by Crippen LogP contribution is -2.44. The molecule has 108 valence electrons. The predicted octanol–water partition coefficient (Wildman–Crippen LogP) is -0.248. The molecule has 20 heavy (non-hydrogen) atoms. The fourth-order valence-electron chi connectivity index (χ4n) is 1.66. The van der Waals surface area contributed by atoms with Crippen molar-refractivity contribution in [3.63, 3.8) is 0 Å². The van der Waals surface area contributed by atoms with E-state index < -0.39 is 22.2 Å². The van der Waals surface area contributed by atoms with Crippen molar-refractivity contribution in [2.75, 3.05) is 6.54 Å². The molecular formula is C10H13N5O4S. The van der Waals surface area contributed by atoms with Crippen LogP contribution in [-0.2, 0) is 10.0 Å². The Kier molecular flexibility index (Phi) is 4.06. The van der Waals surface area contributed by atoms with Crippen LogP contribution in [0.25, 0.3) is 11.0 Å². The zero-order valence-electron chi connectivity index (χ0n) is 10.5. The molecule has 0 fully saturated rings. The molecule has 0 amide bonds. The molecule has 2 aromatic rings. The molecule has 3 N–H and O–H groups in total. The number of nitrogens with one attached hydrogen (secondary N) is 2. The maximum Gasteiger partial charge on any atom is 0.258 e. The monoisotopic (exact) mass is 299 g/mol. The second kappa shape index (κ2) is 5.61. The fourth-order valence-corrected chi connectivity index (χ4v) is 3.06. The Morgan fingerprint density at radius 1 is 1.55 bits per heavy atom. The number of nitrogens with zero attached hydrogens (tertiary/aromatic N) is 3. The summed E-state index contributed by atoms with van der Waals surface area (Å²) in [6, 6.07) is 2.12. The Balaban J connectivity index is 2.37. The number of hydrogen-bond donors (Lipinski definition) is 3. The summed E-state index contributed by atoms with van der Waals surface area (Å²) in [7, 11) is -3.98. The molecule has 2 atom stereocenters. The standard InChI is InChI=1S/C10H13N5O4S/c1-6(16)8(5-12-17)15-20(18,19)10-7-3-2-4-11-9(7)13-14-10/h2-4,6,8,15-16H,5H2,1H3,(H,11,13,14). The summed E-state index contributed by atoms with van der Waals surface area (Å²) in [6.45, 7) is 0.992. The Morgan fingerprint density at radius 3 is 2.95 bits per heavy atom. The van der Waals surface area contributed by atoms with Gasteiger partial charge in [0.1, 0.15) is 0 Å². The molecule has 0 aliphatic carbocycles. The lowest BCUT2D eigenvalue weighted by Gasteiger charge is -2.17. The van der Waals surface area contributed by atoms with E-state index in [1.54, 1.807) is 12.1 Å². The molecule has 0 saturated heterocycles. The molecule has 0 aliphatic rings. The fraction of sp³-hybridized carbons (Fsp3) is 0.400. The second-order valence-electron chi connectivity index (χ2n) is 4.21. The van der Waals surface area contributed by atoms with Crippen LogP contribution in [-0.4, -0.2) is 47.4 Å². The van der Waals surface area contributed by atoms with E-state index in [0.29, 0.717) is 5.39 Å². The number of hydrogen-bond acceptors (Lipinski definition) is 7. The van der Waals surface area contributed by atoms with Crippen LogP contribution in [0, 0.1) is 4.91 Å². The van der Waals surface area contributed by atoms with Gasteiger partial charge in [-0.1, -0.05) is 5.18 Å². The zero-order valence-corrected chi connectivity index (χ0v) is 11.3. The van der Waals surface area contributed by atoms with Gasteiger partial charge < -0.3 is 5.11 Å². The van der Waals surface area contributed by atoms with Crippen molar-refractivity contribution in [2.45, 2.75) is 24.1 Å². The van der Waals surface area contributed by atoms with Gasteiger partial charge in [0.25, 0.3) is 10.0 Å². The Morgan fingerprint density at radius 2 is 2.30 bits per heavy atom. The molecule has 0 bridgehead atoms. The van der Waals surface area contributed by atoms with Gasteiger partial charge in [0.05, 0.1) is 24.1 Å². The Hall–Kier alpha value is -1.91. The van der Waals surface area contributed by atoms with Gasteiger partial charge in [-0.25, -0.2) is 18.1 Å². The van der Waals surface area contributed by atoms with Crippen LogP contribution in [0.2, 0.25) is 0 Å². The van der Waals surface area contributed by atoms with Crippen LogP contribution in [0.1, 0.15) is 6.92 Å². The minimum atomic E-state index is -3.98. The van der Waals surface area contributed by atoms with Gasteiger partial charge in [0.15, 0.2) is 10.7 Å². The molecule has 2 rings (SSSR count). The number of aromatic nitrogens is 3. The quantitative estimate of drug-likeness (QED) is 0.629. The molecule has 0 radical (unpaired) electrons. The summed E-state index contributed by atoms with van der Waals surface area (Å²) < 4.78 is 26.7. The number of sulfonamides is 1. The smallest absolute Gasteiger partial charge is 0.258 e. The van der Waals surface area contributed by atoms with Crippen LogP contribution in [0.15, 0.2) is 28.5 Å². The van der Waals surface area contributed by atoms with Crippen LogP contribution in [0.3, 0.4) is 0 Å². The summed E-state index contributed by atoms with van der Waals surface area (Å²) >= 11 is 0. The first-order chi connectivity index (χ1) is 9.45. The van der Waals surface area contributed by atoms with Crippen LogP contribution in [0.5, 0.6) is 0 Å². The van der Waals surface area contributed by atoms with Crippen molar-refractivity contribution >= 4 is 21.1 Å². The lowest BCUT2D eigenvalue weighted by molar-refractivity contribution is 0.159. The highest BCUT2D eigenvalue weighted by molar-refractivity contribution is 7.89. The van der Waals surface area contributed by atoms with Gasteiger partial charge in [0, 0.05) is 6.20 Å². The van der Waals surface area contributed by atoms with E-state index in [-0.39, 0.29) is 17.2 Å². The largest absolute Gasteiger partial charge is 0.392 e. The predicted molar refractivity (Wildman–Crippen MR) is 70.3 cm³/mol. The first kappa shape index (κ1) is 14.5. The number of pyridine rings is 1. The minimum Gasteiger partial charge on any atom is -0.392 e. The first-order valence-corrected chi connectivity index (χ1v) is 7.22. The molecule has 10 heteroatoms. The first-order valence-electron chi connectivity index (χ1n) is 5.74. The summed E-state index contributed by atoms with van der Waals surface area (Å²) in [5, 5.41) is 18.4. The molecule has 0 saturated carbocycles. The number of nitroso groups, excluding NO2 is 1. The molecule has 0 aromatic carbocycles. The third-order valence-corrected chi connectivity index (χ3v) is 4.19.